The molecule has 17 heavy (non-hydrogen) atoms. The fourth-order valence-electron chi connectivity index (χ4n) is 1.16. The van der Waals surface area contributed by atoms with Crippen LogP contribution in [-0.4, -0.2) is 9.97 Å². The molecule has 0 aliphatic rings. The third-order valence-corrected chi connectivity index (χ3v) is 3.77. The Balaban J connectivity index is 2.02. The van der Waals surface area contributed by atoms with Crippen molar-refractivity contribution < 1.29 is 0 Å². The molecule has 0 amide bonds. The summed E-state index contributed by atoms with van der Waals surface area (Å²) < 4.78 is 0. The van der Waals surface area contributed by atoms with Gasteiger partial charge in [-0.15, -0.1) is 11.8 Å². The van der Waals surface area contributed by atoms with Crippen LogP contribution in [0.5, 0.6) is 0 Å². The van der Waals surface area contributed by atoms with Crippen molar-refractivity contribution >= 4 is 40.8 Å². The van der Waals surface area contributed by atoms with Gasteiger partial charge in [0.05, 0.1) is 28.1 Å². The SMILES string of the molecule is Nc1cnc(CSc2ccc(Cl)c(Cl)c2)cn1. The maximum Gasteiger partial charge on any atom is 0.141 e. The highest BCUT2D eigenvalue weighted by Crippen LogP contribution is 2.29. The maximum absolute atomic E-state index is 5.93. The van der Waals surface area contributed by atoms with Crippen molar-refractivity contribution in [3.05, 3.63) is 46.3 Å². The largest absolute Gasteiger partial charge is 0.382 e. The number of hydrogen-bond acceptors (Lipinski definition) is 4. The zero-order valence-corrected chi connectivity index (χ0v) is 11.1. The number of nitrogen functional groups attached to an aromatic ring is 1. The van der Waals surface area contributed by atoms with Crippen LogP contribution in [0.15, 0.2) is 35.5 Å². The number of aromatic nitrogens is 2. The number of anilines is 1. The van der Waals surface area contributed by atoms with Gasteiger partial charge < -0.3 is 5.73 Å². The zero-order valence-electron chi connectivity index (χ0n) is 8.73. The highest BCUT2D eigenvalue weighted by molar-refractivity contribution is 7.98. The number of benzene rings is 1. The van der Waals surface area contributed by atoms with Crippen molar-refractivity contribution in [2.45, 2.75) is 10.6 Å². The molecule has 0 atom stereocenters. The minimum atomic E-state index is 0.424. The number of halogens is 2. The molecular weight excluding hydrogens is 277 g/mol. The van der Waals surface area contributed by atoms with Crippen LogP contribution in [0, 0.1) is 0 Å². The van der Waals surface area contributed by atoms with Gasteiger partial charge in [-0.2, -0.15) is 0 Å². The molecule has 3 nitrogen and oxygen atoms in total. The second kappa shape index (κ2) is 5.58. The van der Waals surface area contributed by atoms with E-state index in [0.29, 0.717) is 21.6 Å². The van der Waals surface area contributed by atoms with E-state index in [1.54, 1.807) is 30.2 Å². The van der Waals surface area contributed by atoms with Gasteiger partial charge in [-0.3, -0.25) is 4.98 Å². The molecule has 0 spiro atoms. The van der Waals surface area contributed by atoms with Crippen molar-refractivity contribution in [1.29, 1.82) is 0 Å². The molecule has 0 aliphatic carbocycles. The van der Waals surface area contributed by atoms with Crippen LogP contribution in [0.2, 0.25) is 10.0 Å². The normalized spacial score (nSPS) is 10.5. The van der Waals surface area contributed by atoms with E-state index in [1.165, 1.54) is 0 Å². The molecule has 88 valence electrons. The average molecular weight is 286 g/mol. The fraction of sp³-hybridized carbons (Fsp3) is 0.0909. The summed E-state index contributed by atoms with van der Waals surface area (Å²) in [5.74, 6) is 1.14. The number of rotatable bonds is 3. The van der Waals surface area contributed by atoms with Gasteiger partial charge >= 0.3 is 0 Å². The molecular formula is C11H9Cl2N3S. The molecule has 0 unspecified atom stereocenters. The van der Waals surface area contributed by atoms with Crippen LogP contribution in [0.1, 0.15) is 5.69 Å². The van der Waals surface area contributed by atoms with E-state index in [9.17, 15) is 0 Å². The van der Waals surface area contributed by atoms with E-state index in [4.69, 9.17) is 28.9 Å². The molecule has 0 radical (unpaired) electrons. The standard InChI is InChI=1S/C11H9Cl2N3S/c12-9-2-1-8(3-10(9)13)17-6-7-4-16-11(14)5-15-7/h1-5H,6H2,(H2,14,16). The summed E-state index contributed by atoms with van der Waals surface area (Å²) in [6.45, 7) is 0. The van der Waals surface area contributed by atoms with E-state index in [0.717, 1.165) is 10.6 Å². The summed E-state index contributed by atoms with van der Waals surface area (Å²) in [5, 5.41) is 1.11. The van der Waals surface area contributed by atoms with Gasteiger partial charge in [0, 0.05) is 10.6 Å². The quantitative estimate of drug-likeness (QED) is 0.875. The van der Waals surface area contributed by atoms with Crippen LogP contribution >= 0.6 is 35.0 Å². The van der Waals surface area contributed by atoms with Gasteiger partial charge in [0.25, 0.3) is 0 Å². The Morgan fingerprint density at radius 2 is 1.94 bits per heavy atom. The Labute approximate surface area is 113 Å². The summed E-state index contributed by atoms with van der Waals surface area (Å²) >= 11 is 13.4. The van der Waals surface area contributed by atoms with Gasteiger partial charge in [0.2, 0.25) is 0 Å². The van der Waals surface area contributed by atoms with Crippen LogP contribution in [0.4, 0.5) is 5.82 Å². The summed E-state index contributed by atoms with van der Waals surface area (Å²) in [6.07, 6.45) is 3.21. The first-order chi connectivity index (χ1) is 8.15. The van der Waals surface area contributed by atoms with Crippen molar-refractivity contribution in [1.82, 2.24) is 9.97 Å². The molecule has 0 saturated heterocycles. The molecule has 2 aromatic rings. The topological polar surface area (TPSA) is 51.8 Å². The summed E-state index contributed by atoms with van der Waals surface area (Å²) in [7, 11) is 0. The van der Waals surface area contributed by atoms with E-state index in [2.05, 4.69) is 9.97 Å². The minimum Gasteiger partial charge on any atom is -0.382 e. The summed E-state index contributed by atoms with van der Waals surface area (Å²) in [4.78, 5) is 9.18. The predicted octanol–water partition coefficient (Wildman–Crippen LogP) is 3.66. The number of thioether (sulfide) groups is 1. The lowest BCUT2D eigenvalue weighted by molar-refractivity contribution is 1.11. The molecule has 1 heterocycles. The number of nitrogens with zero attached hydrogens (tertiary/aromatic N) is 2. The van der Waals surface area contributed by atoms with E-state index < -0.39 is 0 Å². The highest BCUT2D eigenvalue weighted by Gasteiger charge is 2.02. The maximum atomic E-state index is 5.93. The second-order valence-corrected chi connectivity index (χ2v) is 5.16. The Morgan fingerprint density at radius 3 is 2.59 bits per heavy atom. The molecule has 0 fully saturated rings. The lowest BCUT2D eigenvalue weighted by atomic mass is 10.4. The van der Waals surface area contributed by atoms with Crippen LogP contribution in [0.25, 0.3) is 0 Å². The minimum absolute atomic E-state index is 0.424. The van der Waals surface area contributed by atoms with Gasteiger partial charge in [-0.1, -0.05) is 23.2 Å². The summed E-state index contributed by atoms with van der Waals surface area (Å²) in [5.41, 5.74) is 6.33. The Bertz CT molecular complexity index is 517. The Hall–Kier alpha value is -0.970. The molecule has 0 saturated carbocycles. The number of hydrogen-bond donors (Lipinski definition) is 1. The molecule has 2 N–H and O–H groups in total. The van der Waals surface area contributed by atoms with Crippen LogP contribution in [0.3, 0.4) is 0 Å². The average Bonchev–Trinajstić information content (AvgIpc) is 2.33. The highest BCUT2D eigenvalue weighted by atomic mass is 35.5. The van der Waals surface area contributed by atoms with Gasteiger partial charge in [-0.05, 0) is 18.2 Å². The van der Waals surface area contributed by atoms with E-state index in [-0.39, 0.29) is 0 Å². The van der Waals surface area contributed by atoms with Crippen LogP contribution in [-0.2, 0) is 5.75 Å². The van der Waals surface area contributed by atoms with E-state index in [1.807, 2.05) is 12.1 Å². The third kappa shape index (κ3) is 3.49. The summed E-state index contributed by atoms with van der Waals surface area (Å²) in [6, 6.07) is 5.53. The van der Waals surface area contributed by atoms with Gasteiger partial charge in [-0.25, -0.2) is 4.98 Å². The molecule has 0 bridgehead atoms. The second-order valence-electron chi connectivity index (χ2n) is 3.30. The molecule has 1 aromatic heterocycles. The van der Waals surface area contributed by atoms with Crippen molar-refractivity contribution in [2.24, 2.45) is 0 Å². The first-order valence-electron chi connectivity index (χ1n) is 4.79. The Kier molecular flexibility index (Phi) is 4.10. The third-order valence-electron chi connectivity index (χ3n) is 2.00. The lowest BCUT2D eigenvalue weighted by Gasteiger charge is -2.03. The first-order valence-corrected chi connectivity index (χ1v) is 6.53. The fourth-order valence-corrected chi connectivity index (χ4v) is 2.36. The monoisotopic (exact) mass is 285 g/mol. The molecule has 2 rings (SSSR count). The molecule has 0 aliphatic heterocycles. The molecule has 6 heteroatoms. The molecule has 1 aromatic carbocycles. The first kappa shape index (κ1) is 12.5. The van der Waals surface area contributed by atoms with Crippen LogP contribution < -0.4 is 5.73 Å². The predicted molar refractivity (Wildman–Crippen MR) is 72.5 cm³/mol. The Morgan fingerprint density at radius 1 is 1.12 bits per heavy atom. The smallest absolute Gasteiger partial charge is 0.141 e. The van der Waals surface area contributed by atoms with Gasteiger partial charge in [0.15, 0.2) is 0 Å². The van der Waals surface area contributed by atoms with Crippen molar-refractivity contribution in [3.8, 4) is 0 Å². The van der Waals surface area contributed by atoms with Crippen molar-refractivity contribution in [2.75, 3.05) is 5.73 Å². The number of nitrogens with two attached hydrogens (primary N) is 1. The zero-order chi connectivity index (χ0) is 12.3. The van der Waals surface area contributed by atoms with Gasteiger partial charge in [0.1, 0.15) is 5.82 Å². The van der Waals surface area contributed by atoms with Crippen molar-refractivity contribution in [3.63, 3.8) is 0 Å². The van der Waals surface area contributed by atoms with E-state index >= 15 is 0 Å². The lowest BCUT2D eigenvalue weighted by Crippen LogP contribution is -1.94.